The number of hydrogen-bond acceptors (Lipinski definition) is 3. The molecule has 1 aliphatic heterocycles. The van der Waals surface area contributed by atoms with E-state index >= 15 is 0 Å². The zero-order chi connectivity index (χ0) is 13.1. The zero-order valence-electron chi connectivity index (χ0n) is 10.9. The fourth-order valence-electron chi connectivity index (χ4n) is 2.04. The van der Waals surface area contributed by atoms with E-state index in [0.717, 1.165) is 6.42 Å². The number of hydrogen-bond donors (Lipinski definition) is 1. The largest absolute Gasteiger partial charge is 0.415 e. The summed E-state index contributed by atoms with van der Waals surface area (Å²) in [4.78, 5) is 13.5. The summed E-state index contributed by atoms with van der Waals surface area (Å²) in [6.45, 7) is 5.53. The Morgan fingerprint density at radius 2 is 2.06 bits per heavy atom. The first-order chi connectivity index (χ1) is 8.56. The van der Waals surface area contributed by atoms with Gasteiger partial charge in [0.2, 0.25) is 0 Å². The number of amides is 1. The highest BCUT2D eigenvalue weighted by molar-refractivity contribution is 5.71. The summed E-state index contributed by atoms with van der Waals surface area (Å²) in [6, 6.07) is 7.74. The van der Waals surface area contributed by atoms with Gasteiger partial charge in [-0.25, -0.2) is 4.79 Å². The number of benzene rings is 1. The molecule has 1 amide bonds. The van der Waals surface area contributed by atoms with Crippen LogP contribution in [0.15, 0.2) is 24.3 Å². The molecule has 1 aromatic carbocycles. The summed E-state index contributed by atoms with van der Waals surface area (Å²) in [7, 11) is 0. The molecule has 1 heterocycles. The van der Waals surface area contributed by atoms with E-state index in [-0.39, 0.29) is 12.1 Å². The first-order valence-electron chi connectivity index (χ1n) is 6.38. The number of nitrogens with zero attached hydrogens (tertiary/aromatic N) is 1. The Bertz CT molecular complexity index is 414. The van der Waals surface area contributed by atoms with Crippen molar-refractivity contribution in [2.45, 2.75) is 32.2 Å². The fourth-order valence-corrected chi connectivity index (χ4v) is 2.04. The lowest BCUT2D eigenvalue weighted by Gasteiger charge is -2.15. The monoisotopic (exact) mass is 248 g/mol. The van der Waals surface area contributed by atoms with Gasteiger partial charge in [0.15, 0.2) is 0 Å². The van der Waals surface area contributed by atoms with Gasteiger partial charge in [0.25, 0.3) is 0 Å². The maximum atomic E-state index is 11.8. The van der Waals surface area contributed by atoms with Crippen molar-refractivity contribution in [3.63, 3.8) is 0 Å². The van der Waals surface area contributed by atoms with E-state index in [1.807, 2.05) is 24.3 Å². The molecule has 0 aromatic heterocycles. The van der Waals surface area contributed by atoms with Crippen molar-refractivity contribution in [1.82, 2.24) is 4.90 Å². The third kappa shape index (κ3) is 3.01. The third-order valence-corrected chi connectivity index (χ3v) is 3.23. The van der Waals surface area contributed by atoms with E-state index in [1.54, 1.807) is 4.90 Å². The van der Waals surface area contributed by atoms with Gasteiger partial charge in [0, 0.05) is 19.1 Å². The maximum Gasteiger partial charge on any atom is 0.415 e. The quantitative estimate of drug-likeness (QED) is 0.874. The second kappa shape index (κ2) is 5.40. The normalized spacial score (nSPS) is 19.3. The minimum absolute atomic E-state index is 0.0841. The minimum Gasteiger partial charge on any atom is -0.410 e. The van der Waals surface area contributed by atoms with E-state index in [1.165, 1.54) is 5.56 Å². The lowest BCUT2D eigenvalue weighted by molar-refractivity contribution is 0.162. The molecule has 1 aromatic rings. The summed E-state index contributed by atoms with van der Waals surface area (Å²) in [5.41, 5.74) is 6.99. The van der Waals surface area contributed by atoms with Gasteiger partial charge in [-0.2, -0.15) is 0 Å². The summed E-state index contributed by atoms with van der Waals surface area (Å²) in [5, 5.41) is 0. The highest BCUT2D eigenvalue weighted by Gasteiger charge is 2.24. The molecule has 0 bridgehead atoms. The van der Waals surface area contributed by atoms with Gasteiger partial charge < -0.3 is 15.4 Å². The molecule has 1 saturated heterocycles. The van der Waals surface area contributed by atoms with Crippen LogP contribution in [0.2, 0.25) is 0 Å². The SMILES string of the molecule is CC(C)c1ccc(OC(=O)N2CCC(N)C2)cc1. The summed E-state index contributed by atoms with van der Waals surface area (Å²) in [6.07, 6.45) is 0.543. The molecule has 2 rings (SSSR count). The van der Waals surface area contributed by atoms with Gasteiger partial charge in [-0.05, 0) is 30.0 Å². The molecule has 1 atom stereocenters. The third-order valence-electron chi connectivity index (χ3n) is 3.23. The van der Waals surface area contributed by atoms with Crippen LogP contribution in [0.1, 0.15) is 31.7 Å². The number of rotatable bonds is 2. The maximum absolute atomic E-state index is 11.8. The van der Waals surface area contributed by atoms with E-state index in [2.05, 4.69) is 13.8 Å². The van der Waals surface area contributed by atoms with Crippen LogP contribution in [-0.4, -0.2) is 30.1 Å². The van der Waals surface area contributed by atoms with Crippen LogP contribution in [0.4, 0.5) is 4.79 Å². The summed E-state index contributed by atoms with van der Waals surface area (Å²) < 4.78 is 5.31. The molecular formula is C14H20N2O2. The van der Waals surface area contributed by atoms with Crippen molar-refractivity contribution >= 4 is 6.09 Å². The van der Waals surface area contributed by atoms with Gasteiger partial charge in [0.05, 0.1) is 0 Å². The first-order valence-corrected chi connectivity index (χ1v) is 6.38. The molecule has 0 saturated carbocycles. The zero-order valence-corrected chi connectivity index (χ0v) is 10.9. The van der Waals surface area contributed by atoms with Crippen LogP contribution >= 0.6 is 0 Å². The molecule has 1 fully saturated rings. The summed E-state index contributed by atoms with van der Waals surface area (Å²) >= 11 is 0. The molecule has 98 valence electrons. The number of ether oxygens (including phenoxy) is 1. The first kappa shape index (κ1) is 12.9. The predicted molar refractivity (Wildman–Crippen MR) is 70.7 cm³/mol. The Morgan fingerprint density at radius 3 is 2.56 bits per heavy atom. The van der Waals surface area contributed by atoms with Crippen LogP contribution < -0.4 is 10.5 Å². The molecule has 1 aliphatic rings. The number of carbonyl (C=O) groups excluding carboxylic acids is 1. The van der Waals surface area contributed by atoms with Gasteiger partial charge in [-0.15, -0.1) is 0 Å². The Balaban J connectivity index is 1.95. The number of likely N-dealkylation sites (tertiary alicyclic amines) is 1. The molecule has 0 aliphatic carbocycles. The van der Waals surface area contributed by atoms with Crippen molar-refractivity contribution in [2.24, 2.45) is 5.73 Å². The summed E-state index contributed by atoms with van der Waals surface area (Å²) in [5.74, 6) is 1.07. The molecule has 0 spiro atoms. The Kier molecular flexibility index (Phi) is 3.87. The van der Waals surface area contributed by atoms with Gasteiger partial charge >= 0.3 is 6.09 Å². The van der Waals surface area contributed by atoms with Crippen LogP contribution in [0, 0.1) is 0 Å². The molecular weight excluding hydrogens is 228 g/mol. The minimum atomic E-state index is -0.305. The van der Waals surface area contributed by atoms with Crippen molar-refractivity contribution in [2.75, 3.05) is 13.1 Å². The predicted octanol–water partition coefficient (Wildman–Crippen LogP) is 2.34. The van der Waals surface area contributed by atoms with E-state index < -0.39 is 0 Å². The topological polar surface area (TPSA) is 55.6 Å². The average Bonchev–Trinajstić information content (AvgIpc) is 2.76. The highest BCUT2D eigenvalue weighted by atomic mass is 16.6. The highest BCUT2D eigenvalue weighted by Crippen LogP contribution is 2.19. The fraction of sp³-hybridized carbons (Fsp3) is 0.500. The molecule has 4 heteroatoms. The molecule has 0 radical (unpaired) electrons. The van der Waals surface area contributed by atoms with Crippen LogP contribution in [0.25, 0.3) is 0 Å². The second-order valence-electron chi connectivity index (χ2n) is 5.09. The van der Waals surface area contributed by atoms with Crippen LogP contribution in [-0.2, 0) is 0 Å². The van der Waals surface area contributed by atoms with E-state index in [0.29, 0.717) is 24.8 Å². The molecule has 2 N–H and O–H groups in total. The molecule has 4 nitrogen and oxygen atoms in total. The van der Waals surface area contributed by atoms with Gasteiger partial charge in [-0.3, -0.25) is 0 Å². The average molecular weight is 248 g/mol. The van der Waals surface area contributed by atoms with Crippen molar-refractivity contribution in [3.05, 3.63) is 29.8 Å². The lowest BCUT2D eigenvalue weighted by atomic mass is 10.0. The Labute approximate surface area is 108 Å². The lowest BCUT2D eigenvalue weighted by Crippen LogP contribution is -2.33. The molecule has 1 unspecified atom stereocenters. The van der Waals surface area contributed by atoms with Crippen molar-refractivity contribution in [1.29, 1.82) is 0 Å². The van der Waals surface area contributed by atoms with Crippen molar-refractivity contribution < 1.29 is 9.53 Å². The smallest absolute Gasteiger partial charge is 0.410 e. The Hall–Kier alpha value is -1.55. The van der Waals surface area contributed by atoms with Crippen LogP contribution in [0.3, 0.4) is 0 Å². The van der Waals surface area contributed by atoms with E-state index in [9.17, 15) is 4.79 Å². The second-order valence-corrected chi connectivity index (χ2v) is 5.09. The number of nitrogens with two attached hydrogens (primary N) is 1. The molecule has 18 heavy (non-hydrogen) atoms. The van der Waals surface area contributed by atoms with Crippen LogP contribution in [0.5, 0.6) is 5.75 Å². The van der Waals surface area contributed by atoms with Gasteiger partial charge in [-0.1, -0.05) is 26.0 Å². The van der Waals surface area contributed by atoms with E-state index in [4.69, 9.17) is 10.5 Å². The number of carbonyl (C=O) groups is 1. The van der Waals surface area contributed by atoms with Crippen molar-refractivity contribution in [3.8, 4) is 5.75 Å². The van der Waals surface area contributed by atoms with Gasteiger partial charge in [0.1, 0.15) is 5.75 Å². The Morgan fingerprint density at radius 1 is 1.39 bits per heavy atom. The standard InChI is InChI=1S/C14H20N2O2/c1-10(2)11-3-5-13(6-4-11)18-14(17)16-8-7-12(15)9-16/h3-6,10,12H,7-9,15H2,1-2H3.